The molecule has 0 bridgehead atoms. The maximum absolute atomic E-state index is 12.0. The van der Waals surface area contributed by atoms with Crippen molar-refractivity contribution in [1.82, 2.24) is 9.80 Å². The number of carbonyl (C=O) groups excluding carboxylic acids is 1. The number of benzene rings is 1. The van der Waals surface area contributed by atoms with Gasteiger partial charge in [-0.25, -0.2) is 4.79 Å². The summed E-state index contributed by atoms with van der Waals surface area (Å²) in [5.74, 6) is 2.79. The van der Waals surface area contributed by atoms with E-state index in [1.54, 1.807) is 4.90 Å². The Morgan fingerprint density at radius 3 is 2.43 bits per heavy atom. The van der Waals surface area contributed by atoms with Crippen molar-refractivity contribution >= 4 is 6.09 Å². The molecule has 0 radical (unpaired) electrons. The van der Waals surface area contributed by atoms with Crippen molar-refractivity contribution in [2.24, 2.45) is 0 Å². The van der Waals surface area contributed by atoms with Crippen LogP contribution >= 0.6 is 0 Å². The monoisotopic (exact) mass is 286 g/mol. The number of rotatable bonds is 3. The third-order valence-electron chi connectivity index (χ3n) is 3.89. The zero-order valence-electron chi connectivity index (χ0n) is 12.7. The third-order valence-corrected chi connectivity index (χ3v) is 3.89. The van der Waals surface area contributed by atoms with Crippen LogP contribution in [-0.4, -0.2) is 47.6 Å². The van der Waals surface area contributed by atoms with Crippen LogP contribution in [0.25, 0.3) is 0 Å². The second kappa shape index (κ2) is 6.64. The minimum atomic E-state index is -0.264. The van der Waals surface area contributed by atoms with Crippen LogP contribution in [0, 0.1) is 12.3 Å². The van der Waals surface area contributed by atoms with Crippen LogP contribution in [0.5, 0.6) is 0 Å². The molecule has 1 heterocycles. The van der Waals surface area contributed by atoms with E-state index in [0.29, 0.717) is 19.7 Å². The molecule has 1 fully saturated rings. The van der Waals surface area contributed by atoms with E-state index in [4.69, 9.17) is 11.2 Å². The van der Waals surface area contributed by atoms with E-state index in [1.165, 1.54) is 0 Å². The Morgan fingerprint density at radius 1 is 1.24 bits per heavy atom. The predicted octanol–water partition coefficient (Wildman–Crippen LogP) is 2.35. The summed E-state index contributed by atoms with van der Waals surface area (Å²) in [5.41, 5.74) is 0.734. The summed E-state index contributed by atoms with van der Waals surface area (Å²) in [6.45, 7) is 7.22. The molecule has 1 aliphatic heterocycles. The normalized spacial score (nSPS) is 16.3. The van der Waals surface area contributed by atoms with Crippen LogP contribution in [-0.2, 0) is 11.3 Å². The van der Waals surface area contributed by atoms with E-state index in [-0.39, 0.29) is 11.6 Å². The summed E-state index contributed by atoms with van der Waals surface area (Å²) in [7, 11) is 0. The second-order valence-corrected chi connectivity index (χ2v) is 5.72. The molecule has 1 aromatic rings. The van der Waals surface area contributed by atoms with Gasteiger partial charge in [-0.05, 0) is 19.4 Å². The van der Waals surface area contributed by atoms with Crippen molar-refractivity contribution in [3.05, 3.63) is 35.9 Å². The fourth-order valence-corrected chi connectivity index (χ4v) is 2.35. The van der Waals surface area contributed by atoms with Gasteiger partial charge in [0.25, 0.3) is 0 Å². The molecule has 112 valence electrons. The van der Waals surface area contributed by atoms with Crippen molar-refractivity contribution in [3.8, 4) is 12.3 Å². The van der Waals surface area contributed by atoms with Gasteiger partial charge in [-0.15, -0.1) is 6.42 Å². The van der Waals surface area contributed by atoms with Gasteiger partial charge in [0.2, 0.25) is 0 Å². The topological polar surface area (TPSA) is 32.8 Å². The molecule has 0 unspecified atom stereocenters. The van der Waals surface area contributed by atoms with Gasteiger partial charge >= 0.3 is 6.09 Å². The largest absolute Gasteiger partial charge is 0.445 e. The number of hydrogen-bond acceptors (Lipinski definition) is 3. The number of ether oxygens (including phenoxy) is 1. The average Bonchev–Trinajstić information content (AvgIpc) is 2.53. The lowest BCUT2D eigenvalue weighted by atomic mass is 10.0. The SMILES string of the molecule is C#CC(C)(C)N1CCN(C(=O)OCc2ccccc2)CC1. The minimum Gasteiger partial charge on any atom is -0.445 e. The number of piperazine rings is 1. The highest BCUT2D eigenvalue weighted by Crippen LogP contribution is 2.16. The van der Waals surface area contributed by atoms with Gasteiger partial charge in [0.1, 0.15) is 6.61 Å². The lowest BCUT2D eigenvalue weighted by molar-refractivity contribution is 0.0530. The van der Waals surface area contributed by atoms with Crippen molar-refractivity contribution in [1.29, 1.82) is 0 Å². The Morgan fingerprint density at radius 2 is 1.86 bits per heavy atom. The van der Waals surface area contributed by atoms with Gasteiger partial charge in [0, 0.05) is 26.2 Å². The first-order chi connectivity index (χ1) is 10.0. The van der Waals surface area contributed by atoms with Crippen molar-refractivity contribution < 1.29 is 9.53 Å². The Kier molecular flexibility index (Phi) is 4.87. The number of terminal acetylenes is 1. The van der Waals surface area contributed by atoms with E-state index < -0.39 is 0 Å². The molecule has 4 heteroatoms. The molecule has 0 N–H and O–H groups in total. The van der Waals surface area contributed by atoms with Crippen LogP contribution in [0.15, 0.2) is 30.3 Å². The maximum atomic E-state index is 12.0. The Hall–Kier alpha value is -1.99. The molecule has 0 saturated carbocycles. The molecule has 4 nitrogen and oxygen atoms in total. The molecule has 0 aromatic heterocycles. The average molecular weight is 286 g/mol. The Balaban J connectivity index is 1.80. The van der Waals surface area contributed by atoms with Gasteiger partial charge in [-0.1, -0.05) is 36.3 Å². The molecule has 1 aromatic carbocycles. The van der Waals surface area contributed by atoms with Crippen molar-refractivity contribution in [3.63, 3.8) is 0 Å². The molecule has 2 rings (SSSR count). The molecule has 0 aliphatic carbocycles. The highest BCUT2D eigenvalue weighted by atomic mass is 16.6. The first-order valence-corrected chi connectivity index (χ1v) is 7.21. The van der Waals surface area contributed by atoms with E-state index in [1.807, 2.05) is 44.2 Å². The first-order valence-electron chi connectivity index (χ1n) is 7.21. The van der Waals surface area contributed by atoms with E-state index >= 15 is 0 Å². The second-order valence-electron chi connectivity index (χ2n) is 5.72. The number of hydrogen-bond donors (Lipinski definition) is 0. The summed E-state index contributed by atoms with van der Waals surface area (Å²) in [6, 6.07) is 9.70. The van der Waals surface area contributed by atoms with Gasteiger partial charge in [-0.2, -0.15) is 0 Å². The summed E-state index contributed by atoms with van der Waals surface area (Å²) < 4.78 is 5.34. The van der Waals surface area contributed by atoms with E-state index in [2.05, 4.69) is 10.8 Å². The molecular weight excluding hydrogens is 264 g/mol. The van der Waals surface area contributed by atoms with Crippen molar-refractivity contribution in [2.75, 3.05) is 26.2 Å². The van der Waals surface area contributed by atoms with E-state index in [9.17, 15) is 4.79 Å². The summed E-state index contributed by atoms with van der Waals surface area (Å²) in [5, 5.41) is 0. The zero-order valence-corrected chi connectivity index (χ0v) is 12.7. The minimum absolute atomic E-state index is 0.253. The van der Waals surface area contributed by atoms with Crippen molar-refractivity contribution in [2.45, 2.75) is 26.0 Å². The quantitative estimate of drug-likeness (QED) is 0.800. The summed E-state index contributed by atoms with van der Waals surface area (Å²) in [4.78, 5) is 16.0. The van der Waals surface area contributed by atoms with Crippen LogP contribution in [0.2, 0.25) is 0 Å². The standard InChI is InChI=1S/C17H22N2O2/c1-4-17(2,3)19-12-10-18(11-13-19)16(20)21-14-15-8-6-5-7-9-15/h1,5-9H,10-14H2,2-3H3. The fourth-order valence-electron chi connectivity index (χ4n) is 2.35. The molecular formula is C17H22N2O2. The highest BCUT2D eigenvalue weighted by Gasteiger charge is 2.30. The summed E-state index contributed by atoms with van der Waals surface area (Å²) in [6.07, 6.45) is 5.29. The first kappa shape index (κ1) is 15.4. The van der Waals surface area contributed by atoms with Gasteiger partial charge < -0.3 is 9.64 Å². The zero-order chi connectivity index (χ0) is 15.3. The van der Waals surface area contributed by atoms with Crippen LogP contribution in [0.4, 0.5) is 4.79 Å². The molecule has 1 aliphatic rings. The summed E-state index contributed by atoms with van der Waals surface area (Å²) >= 11 is 0. The van der Waals surface area contributed by atoms with Crippen LogP contribution in [0.3, 0.4) is 0 Å². The smallest absolute Gasteiger partial charge is 0.410 e. The number of carbonyl (C=O) groups is 1. The molecule has 0 atom stereocenters. The fraction of sp³-hybridized carbons (Fsp3) is 0.471. The van der Waals surface area contributed by atoms with Gasteiger partial charge in [-0.3, -0.25) is 4.90 Å². The molecule has 1 saturated heterocycles. The van der Waals surface area contributed by atoms with Crippen LogP contribution in [0.1, 0.15) is 19.4 Å². The molecule has 0 spiro atoms. The molecule has 21 heavy (non-hydrogen) atoms. The lowest BCUT2D eigenvalue weighted by Crippen LogP contribution is -2.55. The number of nitrogens with zero attached hydrogens (tertiary/aromatic N) is 2. The molecule has 1 amide bonds. The van der Waals surface area contributed by atoms with E-state index in [0.717, 1.165) is 18.7 Å². The third kappa shape index (κ3) is 3.99. The van der Waals surface area contributed by atoms with Crippen LogP contribution < -0.4 is 0 Å². The number of amides is 1. The van der Waals surface area contributed by atoms with Gasteiger partial charge in [0.15, 0.2) is 0 Å². The Labute approximate surface area is 126 Å². The highest BCUT2D eigenvalue weighted by molar-refractivity contribution is 5.67. The lowest BCUT2D eigenvalue weighted by Gasteiger charge is -2.40. The predicted molar refractivity (Wildman–Crippen MR) is 82.7 cm³/mol. The maximum Gasteiger partial charge on any atom is 0.410 e. The van der Waals surface area contributed by atoms with Gasteiger partial charge in [0.05, 0.1) is 5.54 Å². The Bertz CT molecular complexity index is 511.